The van der Waals surface area contributed by atoms with Gasteiger partial charge in [-0.25, -0.2) is 4.98 Å². The van der Waals surface area contributed by atoms with Crippen LogP contribution in [0.1, 0.15) is 66.2 Å². The maximum atomic E-state index is 12.4. The minimum absolute atomic E-state index is 0.153. The predicted octanol–water partition coefficient (Wildman–Crippen LogP) is 6.66. The first-order valence-corrected chi connectivity index (χ1v) is 14.0. The molecule has 0 radical (unpaired) electrons. The van der Waals surface area contributed by atoms with Gasteiger partial charge >= 0.3 is 0 Å². The molecule has 192 valence electrons. The summed E-state index contributed by atoms with van der Waals surface area (Å²) >= 11 is 7.08. The Kier molecular flexibility index (Phi) is 10.9. The summed E-state index contributed by atoms with van der Waals surface area (Å²) in [6.07, 6.45) is 3.16. The van der Waals surface area contributed by atoms with Gasteiger partial charge in [-0.3, -0.25) is 4.79 Å². The number of hydrogen-bond acceptors (Lipinski definition) is 4. The zero-order chi connectivity index (χ0) is 25.9. The van der Waals surface area contributed by atoms with E-state index in [4.69, 9.17) is 12.2 Å². The molecule has 4 rings (SSSR count). The topological polar surface area (TPSA) is 57.3 Å². The highest BCUT2D eigenvalue weighted by atomic mass is 32.1. The molecule has 0 atom stereocenters. The number of nitrogens with zero attached hydrogens (tertiary/aromatic N) is 2. The Morgan fingerprint density at radius 3 is 2.39 bits per heavy atom. The minimum Gasteiger partial charge on any atom is -0.362 e. The van der Waals surface area contributed by atoms with Crippen LogP contribution in [0.15, 0.2) is 60.0 Å². The zero-order valence-electron chi connectivity index (χ0n) is 21.8. The number of anilines is 1. The molecule has 1 fully saturated rings. The van der Waals surface area contributed by atoms with Crippen LogP contribution >= 0.6 is 23.6 Å². The van der Waals surface area contributed by atoms with Crippen molar-refractivity contribution in [3.8, 4) is 0 Å². The van der Waals surface area contributed by atoms with E-state index in [1.807, 2.05) is 35.7 Å². The van der Waals surface area contributed by atoms with Gasteiger partial charge in [0.1, 0.15) is 5.69 Å². The average Bonchev–Trinajstić information content (AvgIpc) is 3.39. The molecule has 1 aromatic heterocycles. The second-order valence-corrected chi connectivity index (χ2v) is 10.8. The molecule has 2 heterocycles. The highest BCUT2D eigenvalue weighted by Crippen LogP contribution is 2.30. The molecule has 5 nitrogen and oxygen atoms in total. The molecule has 2 aromatic carbocycles. The number of aromatic nitrogens is 1. The molecule has 0 spiro atoms. The van der Waals surface area contributed by atoms with Crippen LogP contribution < -0.4 is 10.6 Å². The van der Waals surface area contributed by atoms with Crippen LogP contribution in [0.25, 0.3) is 0 Å². The predicted molar refractivity (Wildman–Crippen MR) is 156 cm³/mol. The molecule has 1 aliphatic heterocycles. The first-order valence-electron chi connectivity index (χ1n) is 12.8. The number of carbonyl (C=O) groups is 1. The second-order valence-electron chi connectivity index (χ2n) is 9.57. The van der Waals surface area contributed by atoms with E-state index in [2.05, 4.69) is 72.5 Å². The quantitative estimate of drug-likeness (QED) is 0.355. The number of piperidine rings is 1. The molecule has 3 aromatic rings. The number of likely N-dealkylation sites (tertiary alicyclic amines) is 1. The van der Waals surface area contributed by atoms with Crippen LogP contribution in [-0.4, -0.2) is 40.5 Å². The third-order valence-electron chi connectivity index (χ3n) is 6.11. The number of rotatable bonds is 6. The van der Waals surface area contributed by atoms with Gasteiger partial charge in [-0.15, -0.1) is 11.3 Å². The second kappa shape index (κ2) is 14.1. The van der Waals surface area contributed by atoms with Gasteiger partial charge in [0.05, 0.1) is 5.01 Å². The van der Waals surface area contributed by atoms with E-state index in [1.165, 1.54) is 11.1 Å². The van der Waals surface area contributed by atoms with Gasteiger partial charge in [-0.05, 0) is 62.0 Å². The average molecular weight is 523 g/mol. The van der Waals surface area contributed by atoms with Crippen molar-refractivity contribution in [2.45, 2.75) is 52.9 Å². The summed E-state index contributed by atoms with van der Waals surface area (Å²) in [5.41, 5.74) is 4.04. The fourth-order valence-corrected chi connectivity index (χ4v) is 5.09. The highest BCUT2D eigenvalue weighted by molar-refractivity contribution is 7.80. The molecule has 0 saturated carbocycles. The van der Waals surface area contributed by atoms with Gasteiger partial charge in [0.25, 0.3) is 5.91 Å². The number of thiocarbonyl (C=S) groups is 1. The number of thiazole rings is 1. The monoisotopic (exact) mass is 522 g/mol. The van der Waals surface area contributed by atoms with Crippen molar-refractivity contribution in [1.29, 1.82) is 0 Å². The number of amides is 1. The molecular weight excluding hydrogens is 484 g/mol. The van der Waals surface area contributed by atoms with Gasteiger partial charge in [0.2, 0.25) is 0 Å². The molecule has 7 heteroatoms. The summed E-state index contributed by atoms with van der Waals surface area (Å²) < 4.78 is 0. The van der Waals surface area contributed by atoms with Crippen LogP contribution in [0.3, 0.4) is 0 Å². The lowest BCUT2D eigenvalue weighted by Crippen LogP contribution is -2.44. The molecule has 0 unspecified atom stereocenters. The number of para-hydroxylation sites is 1. The van der Waals surface area contributed by atoms with Crippen molar-refractivity contribution in [2.75, 3.05) is 25.0 Å². The van der Waals surface area contributed by atoms with Crippen molar-refractivity contribution in [1.82, 2.24) is 15.2 Å². The first-order chi connectivity index (χ1) is 17.4. The van der Waals surface area contributed by atoms with E-state index in [0.717, 1.165) is 54.7 Å². The summed E-state index contributed by atoms with van der Waals surface area (Å²) in [7, 11) is 0. The normalized spacial score (nSPS) is 13.6. The Labute approximate surface area is 225 Å². The summed E-state index contributed by atoms with van der Waals surface area (Å²) in [5.74, 6) is 0.828. The van der Waals surface area contributed by atoms with Crippen molar-refractivity contribution in [3.63, 3.8) is 0 Å². The van der Waals surface area contributed by atoms with Gasteiger partial charge in [-0.1, -0.05) is 68.8 Å². The van der Waals surface area contributed by atoms with Crippen LogP contribution in [0.4, 0.5) is 5.69 Å². The summed E-state index contributed by atoms with van der Waals surface area (Å²) in [4.78, 5) is 19.2. The smallest absolute Gasteiger partial charge is 0.275 e. The fraction of sp³-hybridized carbons (Fsp3) is 0.414. The Morgan fingerprint density at radius 1 is 1.11 bits per heavy atom. The van der Waals surface area contributed by atoms with Crippen molar-refractivity contribution in [2.24, 2.45) is 5.92 Å². The van der Waals surface area contributed by atoms with Crippen molar-refractivity contribution >= 4 is 40.3 Å². The zero-order valence-corrected chi connectivity index (χ0v) is 23.4. The van der Waals surface area contributed by atoms with Crippen molar-refractivity contribution < 1.29 is 4.79 Å². The standard InChI is InChI=1S/C20H26N4OS2.C9H12/c1-14(2)12-21-20(26)24-10-8-15(9-11-24)19-23-17(13-27-19)18(25)22-16-6-4-3-5-7-16;1-3-9-6-4-8(2)5-7-9/h3-7,13-15H,8-12H2,1-2H3,(H,21,26)(H,22,25);4-7H,3H2,1-2H3. The molecule has 1 amide bonds. The molecule has 36 heavy (non-hydrogen) atoms. The molecule has 2 N–H and O–H groups in total. The first kappa shape index (κ1) is 27.8. The van der Waals surface area contributed by atoms with Crippen molar-refractivity contribution in [3.05, 3.63) is 81.8 Å². The molecule has 1 saturated heterocycles. The van der Waals surface area contributed by atoms with Gasteiger partial charge in [0.15, 0.2) is 5.11 Å². The minimum atomic E-state index is -0.153. The molecule has 1 aliphatic rings. The lowest BCUT2D eigenvalue weighted by atomic mass is 9.98. The summed E-state index contributed by atoms with van der Waals surface area (Å²) in [6.45, 7) is 11.4. The Balaban J connectivity index is 0.000000338. The number of hydrogen-bond donors (Lipinski definition) is 2. The maximum absolute atomic E-state index is 12.4. The summed E-state index contributed by atoms with van der Waals surface area (Å²) in [6, 6.07) is 18.1. The third kappa shape index (κ3) is 8.71. The fourth-order valence-electron chi connectivity index (χ4n) is 3.85. The largest absolute Gasteiger partial charge is 0.362 e. The van der Waals surface area contributed by atoms with E-state index >= 15 is 0 Å². The number of benzene rings is 2. The van der Waals surface area contributed by atoms with Crippen LogP contribution in [-0.2, 0) is 6.42 Å². The Hall–Kier alpha value is -2.77. The third-order valence-corrected chi connectivity index (χ3v) is 7.52. The van der Waals surface area contributed by atoms with E-state index < -0.39 is 0 Å². The van der Waals surface area contributed by atoms with Crippen LogP contribution in [0.2, 0.25) is 0 Å². The lowest BCUT2D eigenvalue weighted by molar-refractivity contribution is 0.102. The molecule has 0 bridgehead atoms. The lowest BCUT2D eigenvalue weighted by Gasteiger charge is -2.33. The Morgan fingerprint density at radius 2 is 1.78 bits per heavy atom. The number of carbonyl (C=O) groups excluding carboxylic acids is 1. The number of nitrogens with one attached hydrogen (secondary N) is 2. The van der Waals surface area contributed by atoms with Crippen LogP contribution in [0.5, 0.6) is 0 Å². The SMILES string of the molecule is CC(C)CNC(=S)N1CCC(c2nc(C(=O)Nc3ccccc3)cs2)CC1.CCc1ccc(C)cc1. The van der Waals surface area contributed by atoms with E-state index in [9.17, 15) is 4.79 Å². The van der Waals surface area contributed by atoms with E-state index in [1.54, 1.807) is 11.3 Å². The van der Waals surface area contributed by atoms with Gasteiger partial charge in [-0.2, -0.15) is 0 Å². The number of aryl methyl sites for hydroxylation is 2. The van der Waals surface area contributed by atoms with E-state index in [0.29, 0.717) is 17.5 Å². The summed E-state index contributed by atoms with van der Waals surface area (Å²) in [5, 5.41) is 9.99. The molecular formula is C29H38N4OS2. The molecule has 0 aliphatic carbocycles. The van der Waals surface area contributed by atoms with Crippen LogP contribution in [0, 0.1) is 12.8 Å². The van der Waals surface area contributed by atoms with E-state index in [-0.39, 0.29) is 5.91 Å². The Bertz CT molecular complexity index is 1090. The highest BCUT2D eigenvalue weighted by Gasteiger charge is 2.25. The maximum Gasteiger partial charge on any atom is 0.275 e. The van der Waals surface area contributed by atoms with Gasteiger partial charge in [0, 0.05) is 36.6 Å². The van der Waals surface area contributed by atoms with Gasteiger partial charge < -0.3 is 15.5 Å².